The molecule has 0 aliphatic heterocycles. The van der Waals surface area contributed by atoms with Crippen LogP contribution in [-0.4, -0.2) is 31.6 Å². The Morgan fingerprint density at radius 2 is 1.92 bits per heavy atom. The number of halogens is 1. The van der Waals surface area contributed by atoms with Crippen LogP contribution in [0, 0.1) is 12.7 Å². The average Bonchev–Trinajstić information content (AvgIpc) is 2.80. The minimum Gasteiger partial charge on any atom is -0.505 e. The number of rotatable bonds is 3. The summed E-state index contributed by atoms with van der Waals surface area (Å²) in [5.41, 5.74) is 1.29. The summed E-state index contributed by atoms with van der Waals surface area (Å²) in [5.74, 6) is -2.99. The summed E-state index contributed by atoms with van der Waals surface area (Å²) in [5, 5.41) is 19.0. The topological polar surface area (TPSA) is 92.4 Å². The SMILES string of the molecule is Cc1c(CC(=O)O)c2cc(O)c(F)cc2n1C(=O)c1ccncc1. The molecule has 7 heteroatoms. The largest absolute Gasteiger partial charge is 0.505 e. The van der Waals surface area contributed by atoms with Gasteiger partial charge in [0.05, 0.1) is 11.9 Å². The summed E-state index contributed by atoms with van der Waals surface area (Å²) in [6.07, 6.45) is 2.57. The van der Waals surface area contributed by atoms with Gasteiger partial charge in [-0.1, -0.05) is 0 Å². The second-order valence-corrected chi connectivity index (χ2v) is 5.33. The maximum atomic E-state index is 13.8. The number of hydrogen-bond donors (Lipinski definition) is 2. The Labute approximate surface area is 135 Å². The smallest absolute Gasteiger partial charge is 0.307 e. The van der Waals surface area contributed by atoms with Gasteiger partial charge in [-0.2, -0.15) is 0 Å². The molecule has 0 saturated heterocycles. The number of aromatic nitrogens is 2. The lowest BCUT2D eigenvalue weighted by atomic mass is 10.1. The Balaban J connectivity index is 2.31. The van der Waals surface area contributed by atoms with E-state index in [0.29, 0.717) is 22.2 Å². The third-order valence-electron chi connectivity index (χ3n) is 3.86. The van der Waals surface area contributed by atoms with Crippen LogP contribution in [0.2, 0.25) is 0 Å². The molecule has 3 rings (SSSR count). The van der Waals surface area contributed by atoms with Crippen LogP contribution in [0.3, 0.4) is 0 Å². The van der Waals surface area contributed by atoms with Crippen LogP contribution in [0.15, 0.2) is 36.7 Å². The minimum absolute atomic E-state index is 0.209. The molecule has 0 aliphatic rings. The van der Waals surface area contributed by atoms with Gasteiger partial charge in [-0.3, -0.25) is 19.1 Å². The average molecular weight is 328 g/mol. The van der Waals surface area contributed by atoms with Crippen molar-refractivity contribution in [3.8, 4) is 5.75 Å². The highest BCUT2D eigenvalue weighted by atomic mass is 19.1. The summed E-state index contributed by atoms with van der Waals surface area (Å²) in [4.78, 5) is 27.8. The van der Waals surface area contributed by atoms with Gasteiger partial charge in [0.25, 0.3) is 5.91 Å². The number of pyridine rings is 1. The van der Waals surface area contributed by atoms with Gasteiger partial charge < -0.3 is 10.2 Å². The standard InChI is InChI=1S/C17H13FN2O4/c1-9-11(7-16(22)23)12-6-15(21)13(18)8-14(12)20(9)17(24)10-2-4-19-5-3-10/h2-6,8,21H,7H2,1H3,(H,22,23). The monoisotopic (exact) mass is 328 g/mol. The molecule has 0 atom stereocenters. The third kappa shape index (κ3) is 2.50. The molecule has 2 aromatic heterocycles. The Morgan fingerprint density at radius 3 is 2.54 bits per heavy atom. The number of hydrogen-bond acceptors (Lipinski definition) is 4. The van der Waals surface area contributed by atoms with Crippen LogP contribution in [-0.2, 0) is 11.2 Å². The van der Waals surface area contributed by atoms with Gasteiger partial charge in [0, 0.05) is 35.1 Å². The highest BCUT2D eigenvalue weighted by Gasteiger charge is 2.22. The molecule has 0 spiro atoms. The summed E-state index contributed by atoms with van der Waals surface area (Å²) >= 11 is 0. The number of carbonyl (C=O) groups is 2. The number of nitrogens with zero attached hydrogens (tertiary/aromatic N) is 2. The number of carboxylic acids is 1. The van der Waals surface area contributed by atoms with Gasteiger partial charge in [-0.05, 0) is 30.7 Å². The minimum atomic E-state index is -1.09. The quantitative estimate of drug-likeness (QED) is 0.770. The van der Waals surface area contributed by atoms with Crippen LogP contribution >= 0.6 is 0 Å². The lowest BCUT2D eigenvalue weighted by molar-refractivity contribution is -0.136. The number of aromatic hydroxyl groups is 1. The maximum absolute atomic E-state index is 13.8. The van der Waals surface area contributed by atoms with Crippen LogP contribution in [0.1, 0.15) is 21.6 Å². The van der Waals surface area contributed by atoms with Gasteiger partial charge in [0.2, 0.25) is 0 Å². The molecule has 1 aromatic carbocycles. The predicted octanol–water partition coefficient (Wildman–Crippen LogP) is 2.51. The zero-order chi connectivity index (χ0) is 17.4. The highest BCUT2D eigenvalue weighted by Crippen LogP contribution is 2.32. The molecule has 0 bridgehead atoms. The summed E-state index contributed by atoms with van der Waals surface area (Å²) in [6, 6.07) is 5.21. The molecule has 6 nitrogen and oxygen atoms in total. The zero-order valence-electron chi connectivity index (χ0n) is 12.7. The lowest BCUT2D eigenvalue weighted by Crippen LogP contribution is -2.14. The van der Waals surface area contributed by atoms with Crippen LogP contribution in [0.4, 0.5) is 4.39 Å². The van der Waals surface area contributed by atoms with E-state index in [1.165, 1.54) is 29.1 Å². The number of benzene rings is 1. The molecule has 0 aliphatic carbocycles. The lowest BCUT2D eigenvalue weighted by Gasteiger charge is -2.07. The molecule has 122 valence electrons. The summed E-state index contributed by atoms with van der Waals surface area (Å²) in [7, 11) is 0. The zero-order valence-corrected chi connectivity index (χ0v) is 12.7. The molecule has 0 radical (unpaired) electrons. The van der Waals surface area contributed by atoms with E-state index in [0.717, 1.165) is 12.1 Å². The highest BCUT2D eigenvalue weighted by molar-refractivity contribution is 6.04. The van der Waals surface area contributed by atoms with Crippen molar-refractivity contribution in [3.63, 3.8) is 0 Å². The molecule has 0 saturated carbocycles. The van der Waals surface area contributed by atoms with E-state index in [-0.39, 0.29) is 11.9 Å². The van der Waals surface area contributed by atoms with Crippen molar-refractivity contribution >= 4 is 22.8 Å². The fraction of sp³-hybridized carbons (Fsp3) is 0.118. The molecule has 3 aromatic rings. The van der Waals surface area contributed by atoms with Crippen molar-refractivity contribution in [3.05, 3.63) is 59.3 Å². The Morgan fingerprint density at radius 1 is 1.25 bits per heavy atom. The van der Waals surface area contributed by atoms with Crippen molar-refractivity contribution in [1.29, 1.82) is 0 Å². The predicted molar refractivity (Wildman–Crippen MR) is 83.6 cm³/mol. The molecular formula is C17H13FN2O4. The van der Waals surface area contributed by atoms with Crippen LogP contribution < -0.4 is 0 Å². The number of carbonyl (C=O) groups excluding carboxylic acids is 1. The van der Waals surface area contributed by atoms with Gasteiger partial charge in [-0.25, -0.2) is 4.39 Å². The summed E-state index contributed by atoms with van der Waals surface area (Å²) < 4.78 is 15.1. The van der Waals surface area contributed by atoms with Crippen molar-refractivity contribution in [1.82, 2.24) is 9.55 Å². The van der Waals surface area contributed by atoms with Crippen molar-refractivity contribution < 1.29 is 24.2 Å². The van der Waals surface area contributed by atoms with Gasteiger partial charge >= 0.3 is 5.97 Å². The van der Waals surface area contributed by atoms with Crippen molar-refractivity contribution in [2.24, 2.45) is 0 Å². The molecular weight excluding hydrogens is 315 g/mol. The Kier molecular flexibility index (Phi) is 3.76. The van der Waals surface area contributed by atoms with Crippen LogP contribution in [0.25, 0.3) is 10.9 Å². The van der Waals surface area contributed by atoms with E-state index in [4.69, 9.17) is 5.11 Å². The Bertz CT molecular complexity index is 964. The number of fused-ring (bicyclic) bond motifs is 1. The van der Waals surface area contributed by atoms with E-state index in [9.17, 15) is 19.1 Å². The molecule has 2 N–H and O–H groups in total. The van der Waals surface area contributed by atoms with E-state index in [1.807, 2.05) is 0 Å². The first-order chi connectivity index (χ1) is 11.4. The molecule has 24 heavy (non-hydrogen) atoms. The first-order valence-corrected chi connectivity index (χ1v) is 7.09. The molecule has 0 amide bonds. The fourth-order valence-corrected chi connectivity index (χ4v) is 2.75. The van der Waals surface area contributed by atoms with E-state index < -0.39 is 23.4 Å². The molecule has 0 fully saturated rings. The summed E-state index contributed by atoms with van der Waals surface area (Å²) in [6.45, 7) is 1.59. The first kappa shape index (κ1) is 15.7. The second-order valence-electron chi connectivity index (χ2n) is 5.33. The number of phenols is 1. The third-order valence-corrected chi connectivity index (χ3v) is 3.86. The van der Waals surface area contributed by atoms with E-state index in [1.54, 1.807) is 6.92 Å². The van der Waals surface area contributed by atoms with Gasteiger partial charge in [-0.15, -0.1) is 0 Å². The number of phenolic OH excluding ortho intramolecular Hbond substituents is 1. The first-order valence-electron chi connectivity index (χ1n) is 7.09. The number of aliphatic carboxylic acids is 1. The maximum Gasteiger partial charge on any atom is 0.307 e. The molecule has 2 heterocycles. The van der Waals surface area contributed by atoms with E-state index >= 15 is 0 Å². The molecule has 0 unspecified atom stereocenters. The van der Waals surface area contributed by atoms with Crippen LogP contribution in [0.5, 0.6) is 5.75 Å². The van der Waals surface area contributed by atoms with Crippen molar-refractivity contribution in [2.75, 3.05) is 0 Å². The normalized spacial score (nSPS) is 10.9. The van der Waals surface area contributed by atoms with Gasteiger partial charge in [0.15, 0.2) is 11.6 Å². The van der Waals surface area contributed by atoms with E-state index in [2.05, 4.69) is 4.98 Å². The van der Waals surface area contributed by atoms with Crippen molar-refractivity contribution in [2.45, 2.75) is 13.3 Å². The van der Waals surface area contributed by atoms with Gasteiger partial charge in [0.1, 0.15) is 0 Å². The number of carboxylic acid groups (broad SMARTS) is 1. The Hall–Kier alpha value is -3.22. The fourth-order valence-electron chi connectivity index (χ4n) is 2.75. The second kappa shape index (κ2) is 5.77.